The zero-order chi connectivity index (χ0) is 26.4. The molecule has 0 aliphatic heterocycles. The molecule has 0 aliphatic rings. The number of rotatable bonds is 6. The number of benzene rings is 5. The zero-order valence-corrected chi connectivity index (χ0v) is 23.6. The third kappa shape index (κ3) is 9.46. The normalized spacial score (nSPS) is 10.8. The summed E-state index contributed by atoms with van der Waals surface area (Å²) in [6.45, 7) is 0. The van der Waals surface area contributed by atoms with E-state index < -0.39 is 7.92 Å². The summed E-state index contributed by atoms with van der Waals surface area (Å²) >= 11 is 5.01. The Balaban J connectivity index is 0.000000210. The van der Waals surface area contributed by atoms with Crippen LogP contribution in [0.25, 0.3) is 0 Å². The van der Waals surface area contributed by atoms with Crippen molar-refractivity contribution < 1.29 is 21.6 Å². The molecule has 39 heavy (non-hydrogen) atoms. The second-order valence-corrected chi connectivity index (χ2v) is 10.6. The van der Waals surface area contributed by atoms with E-state index in [1.165, 1.54) is 28.2 Å². The molecular weight excluding hydrogens is 564 g/mol. The summed E-state index contributed by atoms with van der Waals surface area (Å²) in [4.78, 5) is 4.14. The molecule has 0 aromatic heterocycles. The Kier molecular flexibility index (Phi) is 12.4. The van der Waals surface area contributed by atoms with Gasteiger partial charge in [-0.2, -0.15) is 5.10 Å². The summed E-state index contributed by atoms with van der Waals surface area (Å²) in [7, 11) is -0.446. The Hall–Kier alpha value is -3.82. The van der Waals surface area contributed by atoms with E-state index >= 15 is 0 Å². The Morgan fingerprint density at radius 2 is 1.03 bits per heavy atom. The molecule has 0 unspecified atom stereocenters. The van der Waals surface area contributed by atoms with Gasteiger partial charge in [0.25, 0.3) is 0 Å². The third-order valence-electron chi connectivity index (χ3n) is 5.31. The summed E-state index contributed by atoms with van der Waals surface area (Å²) in [6.07, 6.45) is 1.43. The SMILES string of the molecule is [Ni+2].[O-]c1ccccc1/C=N/NC([S-])=Nc1ccccc1.c1ccc(P(c2ccccc2)c2ccccc2)cc1. The Morgan fingerprint density at radius 1 is 0.615 bits per heavy atom. The second-order valence-electron chi connectivity index (χ2n) is 8.00. The van der Waals surface area contributed by atoms with Gasteiger partial charge >= 0.3 is 16.5 Å². The first-order valence-electron chi connectivity index (χ1n) is 12.0. The van der Waals surface area contributed by atoms with Crippen molar-refractivity contribution in [1.29, 1.82) is 0 Å². The van der Waals surface area contributed by atoms with Crippen molar-refractivity contribution in [2.75, 3.05) is 0 Å². The van der Waals surface area contributed by atoms with Crippen LogP contribution in [-0.2, 0) is 29.1 Å². The van der Waals surface area contributed by atoms with Gasteiger partial charge in [-0.3, -0.25) is 10.4 Å². The number of amidine groups is 1. The number of hydrogen-bond donors (Lipinski definition) is 1. The van der Waals surface area contributed by atoms with Crippen molar-refractivity contribution in [3.63, 3.8) is 0 Å². The maximum atomic E-state index is 11.4. The molecule has 0 spiro atoms. The molecule has 0 heterocycles. The van der Waals surface area contributed by atoms with Crippen molar-refractivity contribution >= 4 is 53.5 Å². The molecule has 0 radical (unpaired) electrons. The molecule has 0 saturated heterocycles. The van der Waals surface area contributed by atoms with Gasteiger partial charge in [0.2, 0.25) is 0 Å². The van der Waals surface area contributed by atoms with Crippen molar-refractivity contribution in [2.45, 2.75) is 0 Å². The molecule has 4 nitrogen and oxygen atoms in total. The molecule has 5 rings (SSSR count). The van der Waals surface area contributed by atoms with Crippen molar-refractivity contribution in [2.24, 2.45) is 10.1 Å². The standard InChI is InChI=1S/C18H15P.C14H13N3OS.Ni/c1-4-10-16(11-5-1)19(17-12-6-2-7-13-17)18-14-8-3-9-15-18;18-13-9-5-4-6-11(13)10-15-17-14(19)16-12-7-2-1-3-8-12;/h1-15H;1-10,18H,(H2,16,17,19);/q;;+2/p-2/b;15-10+;. The first kappa shape index (κ1) is 29.7. The first-order valence-corrected chi connectivity index (χ1v) is 13.8. The average molecular weight is 590 g/mol. The molecule has 0 fully saturated rings. The van der Waals surface area contributed by atoms with Gasteiger partial charge in [-0.15, -0.1) is 0 Å². The average Bonchev–Trinajstić information content (AvgIpc) is 2.97. The summed E-state index contributed by atoms with van der Waals surface area (Å²) in [5, 5.41) is 19.7. The van der Waals surface area contributed by atoms with Crippen LogP contribution in [0.5, 0.6) is 5.75 Å². The van der Waals surface area contributed by atoms with Gasteiger partial charge in [0, 0.05) is 5.17 Å². The summed E-state index contributed by atoms with van der Waals surface area (Å²) in [5.74, 6) is -0.0843. The molecule has 0 saturated carbocycles. The van der Waals surface area contributed by atoms with Crippen LogP contribution in [0.3, 0.4) is 0 Å². The first-order chi connectivity index (χ1) is 18.7. The molecular formula is C32H26N3NiOPS. The number of hydrazone groups is 1. The van der Waals surface area contributed by atoms with Gasteiger partial charge in [0.1, 0.15) is 0 Å². The number of aliphatic imine (C=N–C) groups is 1. The van der Waals surface area contributed by atoms with E-state index in [0.717, 1.165) is 5.69 Å². The predicted octanol–water partition coefficient (Wildman–Crippen LogP) is 5.36. The second kappa shape index (κ2) is 16.2. The largest absolute Gasteiger partial charge is 2.00 e. The van der Waals surface area contributed by atoms with Crippen LogP contribution in [0.1, 0.15) is 5.56 Å². The number of nitrogens with zero attached hydrogens (tertiary/aromatic N) is 2. The minimum atomic E-state index is -0.446. The van der Waals surface area contributed by atoms with E-state index in [-0.39, 0.29) is 27.4 Å². The number of hydrogen-bond acceptors (Lipinski definition) is 4. The Bertz CT molecular complexity index is 1360. The van der Waals surface area contributed by atoms with Crippen molar-refractivity contribution in [3.8, 4) is 5.75 Å². The van der Waals surface area contributed by atoms with Gasteiger partial charge in [0.15, 0.2) is 0 Å². The molecule has 196 valence electrons. The van der Waals surface area contributed by atoms with Crippen molar-refractivity contribution in [1.82, 2.24) is 5.43 Å². The van der Waals surface area contributed by atoms with E-state index in [1.54, 1.807) is 18.2 Å². The molecule has 1 N–H and O–H groups in total. The summed E-state index contributed by atoms with van der Waals surface area (Å²) < 4.78 is 0. The number of nitrogens with one attached hydrogen (secondary N) is 1. The Morgan fingerprint density at radius 3 is 1.49 bits per heavy atom. The van der Waals surface area contributed by atoms with E-state index in [1.807, 2.05) is 30.3 Å². The molecule has 0 atom stereocenters. The molecule has 0 amide bonds. The predicted molar refractivity (Wildman–Crippen MR) is 163 cm³/mol. The smallest absolute Gasteiger partial charge is 0.872 e. The van der Waals surface area contributed by atoms with Gasteiger partial charge in [-0.25, -0.2) is 0 Å². The van der Waals surface area contributed by atoms with Crippen LogP contribution in [-0.4, -0.2) is 11.4 Å². The van der Waals surface area contributed by atoms with Gasteiger partial charge in [-0.05, 0) is 41.5 Å². The van der Waals surface area contributed by atoms with Crippen molar-refractivity contribution in [3.05, 3.63) is 151 Å². The molecule has 5 aromatic rings. The molecule has 5 aromatic carbocycles. The minimum Gasteiger partial charge on any atom is -0.872 e. The number of para-hydroxylation sites is 2. The summed E-state index contributed by atoms with van der Waals surface area (Å²) in [6, 6.07) is 48.3. The minimum absolute atomic E-state index is 0. The van der Waals surface area contributed by atoms with Crippen LogP contribution in [0.2, 0.25) is 0 Å². The Labute approximate surface area is 246 Å². The van der Waals surface area contributed by atoms with Gasteiger partial charge in [0.05, 0.1) is 11.9 Å². The van der Waals surface area contributed by atoms with Crippen LogP contribution < -0.4 is 26.4 Å². The fourth-order valence-corrected chi connectivity index (χ4v) is 6.03. The van der Waals surface area contributed by atoms with Crippen LogP contribution in [0.15, 0.2) is 156 Å². The van der Waals surface area contributed by atoms with E-state index in [0.29, 0.717) is 5.56 Å². The van der Waals surface area contributed by atoms with Crippen LogP contribution >= 0.6 is 7.92 Å². The quantitative estimate of drug-likeness (QED) is 0.0724. The fourth-order valence-electron chi connectivity index (χ4n) is 3.57. The van der Waals surface area contributed by atoms with Gasteiger partial charge in [-0.1, -0.05) is 139 Å². The summed E-state index contributed by atoms with van der Waals surface area (Å²) in [5.41, 5.74) is 3.85. The zero-order valence-electron chi connectivity index (χ0n) is 20.9. The monoisotopic (exact) mass is 589 g/mol. The van der Waals surface area contributed by atoms with Gasteiger partial charge < -0.3 is 17.7 Å². The molecule has 0 aliphatic carbocycles. The molecule has 0 bridgehead atoms. The topological polar surface area (TPSA) is 59.8 Å². The van der Waals surface area contributed by atoms with E-state index in [9.17, 15) is 5.11 Å². The maximum Gasteiger partial charge on any atom is 2.00 e. The molecule has 7 heteroatoms. The van der Waals surface area contributed by atoms with E-state index in [2.05, 4.69) is 107 Å². The third-order valence-corrected chi connectivity index (χ3v) is 7.94. The fraction of sp³-hybridized carbons (Fsp3) is 0. The maximum absolute atomic E-state index is 11.4. The van der Waals surface area contributed by atoms with Crippen LogP contribution in [0, 0.1) is 0 Å². The van der Waals surface area contributed by atoms with E-state index in [4.69, 9.17) is 12.6 Å². The van der Waals surface area contributed by atoms with Crippen LogP contribution in [0.4, 0.5) is 5.69 Å².